The van der Waals surface area contributed by atoms with Gasteiger partial charge in [-0.2, -0.15) is 0 Å². The number of aromatic nitrogens is 1. The first-order valence-corrected chi connectivity index (χ1v) is 5.79. The first-order valence-electron chi connectivity index (χ1n) is 4.92. The van der Waals surface area contributed by atoms with E-state index in [4.69, 9.17) is 0 Å². The Bertz CT molecular complexity index is 317. The van der Waals surface area contributed by atoms with Gasteiger partial charge in [0.15, 0.2) is 0 Å². The van der Waals surface area contributed by atoms with Crippen molar-refractivity contribution >= 4 is 17.4 Å². The highest BCUT2D eigenvalue weighted by molar-refractivity contribution is 7.09. The summed E-state index contributed by atoms with van der Waals surface area (Å²) in [7, 11) is 0. The number of hydrogen-bond acceptors (Lipinski definition) is 3. The van der Waals surface area contributed by atoms with Gasteiger partial charge < -0.3 is 5.11 Å². The van der Waals surface area contributed by atoms with Crippen molar-refractivity contribution in [3.8, 4) is 0 Å². The summed E-state index contributed by atoms with van der Waals surface area (Å²) in [6.07, 6.45) is 3.47. The van der Waals surface area contributed by atoms with E-state index in [9.17, 15) is 5.11 Å². The van der Waals surface area contributed by atoms with Gasteiger partial charge in [-0.05, 0) is 31.9 Å². The zero-order valence-electron chi connectivity index (χ0n) is 8.95. The molecule has 78 valence electrons. The summed E-state index contributed by atoms with van der Waals surface area (Å²) < 4.78 is 0. The summed E-state index contributed by atoms with van der Waals surface area (Å²) in [5, 5.41) is 12.8. The molecule has 0 spiro atoms. The number of nitrogens with zero attached hydrogens (tertiary/aromatic N) is 1. The molecule has 0 aliphatic carbocycles. The Balaban J connectivity index is 2.67. The number of rotatable bonds is 4. The predicted octanol–water partition coefficient (Wildman–Crippen LogP) is 3.02. The number of aliphatic hydroxyl groups is 1. The van der Waals surface area contributed by atoms with Gasteiger partial charge in [-0.1, -0.05) is 13.3 Å². The van der Waals surface area contributed by atoms with Crippen molar-refractivity contribution in [2.45, 2.75) is 39.7 Å². The smallest absolute Gasteiger partial charge is 0.0901 e. The van der Waals surface area contributed by atoms with Gasteiger partial charge >= 0.3 is 0 Å². The lowest BCUT2D eigenvalue weighted by molar-refractivity contribution is 0.200. The summed E-state index contributed by atoms with van der Waals surface area (Å²) in [6, 6.07) is 0. The Hall–Kier alpha value is -0.670. The molecular formula is C11H17NOS. The van der Waals surface area contributed by atoms with Gasteiger partial charge in [0.2, 0.25) is 0 Å². The van der Waals surface area contributed by atoms with Crippen LogP contribution in [0.1, 0.15) is 37.4 Å². The maximum Gasteiger partial charge on any atom is 0.0901 e. The van der Waals surface area contributed by atoms with Crippen LogP contribution in [0.25, 0.3) is 6.08 Å². The van der Waals surface area contributed by atoms with Crippen LogP contribution in [-0.4, -0.2) is 16.2 Å². The predicted molar refractivity (Wildman–Crippen MR) is 61.4 cm³/mol. The van der Waals surface area contributed by atoms with Gasteiger partial charge in [0.05, 0.1) is 16.8 Å². The average Bonchev–Trinajstić information content (AvgIpc) is 2.51. The lowest BCUT2D eigenvalue weighted by atomic mass is 10.1. The van der Waals surface area contributed by atoms with Gasteiger partial charge in [0.25, 0.3) is 0 Å². The van der Waals surface area contributed by atoms with Crippen molar-refractivity contribution < 1.29 is 5.11 Å². The van der Waals surface area contributed by atoms with Crippen LogP contribution < -0.4 is 0 Å². The molecule has 0 aliphatic heterocycles. The third-order valence-electron chi connectivity index (χ3n) is 2.10. The summed E-state index contributed by atoms with van der Waals surface area (Å²) in [5.41, 5.74) is 1.96. The lowest BCUT2D eigenvalue weighted by Gasteiger charge is -2.08. The monoisotopic (exact) mass is 211 g/mol. The van der Waals surface area contributed by atoms with Gasteiger partial charge in [-0.15, -0.1) is 11.3 Å². The standard InChI is InChI=1S/C11H17NOS/c1-4-5-11(13)8(2)6-10-7-14-9(3)12-10/h6-7,11,13H,4-5H2,1-3H3/b8-6+. The Morgan fingerprint density at radius 2 is 2.43 bits per heavy atom. The van der Waals surface area contributed by atoms with Crippen LogP contribution in [0.15, 0.2) is 11.0 Å². The SMILES string of the molecule is CCCC(O)/C(C)=C/c1csc(C)n1. The zero-order chi connectivity index (χ0) is 10.6. The van der Waals surface area contributed by atoms with Gasteiger partial charge in [0, 0.05) is 5.38 Å². The Labute approximate surface area is 89.3 Å². The third kappa shape index (κ3) is 3.24. The molecule has 0 aliphatic rings. The largest absolute Gasteiger partial charge is 0.389 e. The van der Waals surface area contributed by atoms with Gasteiger partial charge in [-0.25, -0.2) is 4.98 Å². The number of aryl methyl sites for hydroxylation is 1. The maximum atomic E-state index is 9.69. The van der Waals surface area contributed by atoms with Crippen LogP contribution in [0.4, 0.5) is 0 Å². The molecule has 1 aromatic rings. The molecule has 1 aromatic heterocycles. The van der Waals surface area contributed by atoms with E-state index in [0.29, 0.717) is 0 Å². The highest BCUT2D eigenvalue weighted by Crippen LogP contribution is 2.15. The van der Waals surface area contributed by atoms with Gasteiger partial charge in [-0.3, -0.25) is 0 Å². The number of aliphatic hydroxyl groups excluding tert-OH is 1. The average molecular weight is 211 g/mol. The molecule has 0 fully saturated rings. The Kier molecular flexibility index (Phi) is 4.29. The highest BCUT2D eigenvalue weighted by Gasteiger charge is 2.05. The minimum absolute atomic E-state index is 0.318. The summed E-state index contributed by atoms with van der Waals surface area (Å²) >= 11 is 1.63. The second-order valence-corrected chi connectivity index (χ2v) is 4.55. The van der Waals surface area contributed by atoms with E-state index >= 15 is 0 Å². The lowest BCUT2D eigenvalue weighted by Crippen LogP contribution is -2.06. The molecule has 0 saturated carbocycles. The molecule has 2 nitrogen and oxygen atoms in total. The molecule has 0 bridgehead atoms. The molecule has 1 atom stereocenters. The van der Waals surface area contributed by atoms with Crippen LogP contribution in [-0.2, 0) is 0 Å². The molecule has 0 aromatic carbocycles. The molecule has 3 heteroatoms. The van der Waals surface area contributed by atoms with Crippen molar-refractivity contribution in [3.63, 3.8) is 0 Å². The maximum absolute atomic E-state index is 9.69. The van der Waals surface area contributed by atoms with Crippen LogP contribution in [0.2, 0.25) is 0 Å². The Morgan fingerprint density at radius 1 is 1.71 bits per heavy atom. The van der Waals surface area contributed by atoms with E-state index in [-0.39, 0.29) is 6.10 Å². The third-order valence-corrected chi connectivity index (χ3v) is 2.89. The molecule has 1 rings (SSSR count). The normalized spacial score (nSPS) is 14.4. The molecule has 1 unspecified atom stereocenters. The fourth-order valence-electron chi connectivity index (χ4n) is 1.28. The Morgan fingerprint density at radius 3 is 2.93 bits per heavy atom. The van der Waals surface area contributed by atoms with Crippen molar-refractivity contribution in [1.82, 2.24) is 4.98 Å². The van der Waals surface area contributed by atoms with E-state index in [1.807, 2.05) is 25.3 Å². The second kappa shape index (κ2) is 5.27. The molecule has 14 heavy (non-hydrogen) atoms. The van der Waals surface area contributed by atoms with Crippen LogP contribution in [0.3, 0.4) is 0 Å². The number of hydrogen-bond donors (Lipinski definition) is 1. The molecule has 1 heterocycles. The molecule has 0 radical (unpaired) electrons. The molecular weight excluding hydrogens is 194 g/mol. The van der Waals surface area contributed by atoms with Crippen LogP contribution >= 0.6 is 11.3 Å². The quantitative estimate of drug-likeness (QED) is 0.830. The zero-order valence-corrected chi connectivity index (χ0v) is 9.77. The van der Waals surface area contributed by atoms with E-state index in [0.717, 1.165) is 29.1 Å². The van der Waals surface area contributed by atoms with Crippen LogP contribution in [0.5, 0.6) is 0 Å². The van der Waals surface area contributed by atoms with Crippen molar-refractivity contribution in [3.05, 3.63) is 21.7 Å². The van der Waals surface area contributed by atoms with Gasteiger partial charge in [0.1, 0.15) is 0 Å². The van der Waals surface area contributed by atoms with Crippen molar-refractivity contribution in [2.75, 3.05) is 0 Å². The fraction of sp³-hybridized carbons (Fsp3) is 0.545. The topological polar surface area (TPSA) is 33.1 Å². The van der Waals surface area contributed by atoms with Crippen molar-refractivity contribution in [1.29, 1.82) is 0 Å². The van der Waals surface area contributed by atoms with E-state index in [1.165, 1.54) is 0 Å². The summed E-state index contributed by atoms with van der Waals surface area (Å²) in [5.74, 6) is 0. The van der Waals surface area contributed by atoms with Crippen molar-refractivity contribution in [2.24, 2.45) is 0 Å². The molecule has 0 saturated heterocycles. The summed E-state index contributed by atoms with van der Waals surface area (Å²) in [6.45, 7) is 6.01. The minimum atomic E-state index is -0.318. The second-order valence-electron chi connectivity index (χ2n) is 3.48. The van der Waals surface area contributed by atoms with E-state index in [2.05, 4.69) is 11.9 Å². The van der Waals surface area contributed by atoms with Crippen LogP contribution in [0, 0.1) is 6.92 Å². The highest BCUT2D eigenvalue weighted by atomic mass is 32.1. The first-order chi connectivity index (χ1) is 6.63. The van der Waals surface area contributed by atoms with E-state index in [1.54, 1.807) is 11.3 Å². The first kappa shape index (κ1) is 11.4. The fourth-order valence-corrected chi connectivity index (χ4v) is 1.85. The molecule has 0 amide bonds. The minimum Gasteiger partial charge on any atom is -0.389 e. The number of thiazole rings is 1. The summed E-state index contributed by atoms with van der Waals surface area (Å²) in [4.78, 5) is 4.32. The molecule has 1 N–H and O–H groups in total. The van der Waals surface area contributed by atoms with E-state index < -0.39 is 0 Å².